The predicted molar refractivity (Wildman–Crippen MR) is 73.2 cm³/mol. The fraction of sp³-hybridized carbons (Fsp3) is 0.400. The lowest BCUT2D eigenvalue weighted by atomic mass is 10.0. The summed E-state index contributed by atoms with van der Waals surface area (Å²) in [6.07, 6.45) is 5.35. The normalized spacial score (nSPS) is 11.1. The molecule has 0 aliphatic carbocycles. The number of fused-ring (bicyclic) bond motifs is 1. The second-order valence-electron chi connectivity index (χ2n) is 4.83. The molecule has 0 radical (unpaired) electrons. The molecule has 1 heterocycles. The molecule has 96 valence electrons. The predicted octanol–water partition coefficient (Wildman–Crippen LogP) is 3.53. The molecule has 0 spiro atoms. The molecule has 0 unspecified atom stereocenters. The zero-order valence-corrected chi connectivity index (χ0v) is 11.2. The Morgan fingerprint density at radius 3 is 2.72 bits per heavy atom. The first kappa shape index (κ1) is 12.7. The van der Waals surface area contributed by atoms with Crippen LogP contribution in [-0.2, 0) is 13.5 Å². The Kier molecular flexibility index (Phi) is 3.41. The summed E-state index contributed by atoms with van der Waals surface area (Å²) in [5.74, 6) is -0.846. The van der Waals surface area contributed by atoms with E-state index in [1.54, 1.807) is 0 Å². The molecule has 3 nitrogen and oxygen atoms in total. The highest BCUT2D eigenvalue weighted by molar-refractivity contribution is 6.04. The van der Waals surface area contributed by atoms with Crippen molar-refractivity contribution in [1.29, 1.82) is 0 Å². The maximum absolute atomic E-state index is 11.4. The van der Waals surface area contributed by atoms with E-state index < -0.39 is 5.97 Å². The smallest absolute Gasteiger partial charge is 0.338 e. The molecule has 0 fully saturated rings. The fourth-order valence-corrected chi connectivity index (χ4v) is 2.52. The summed E-state index contributed by atoms with van der Waals surface area (Å²) >= 11 is 0. The molecule has 0 atom stereocenters. The lowest BCUT2D eigenvalue weighted by molar-refractivity contribution is 0.0698. The van der Waals surface area contributed by atoms with Gasteiger partial charge in [-0.05, 0) is 30.9 Å². The Bertz CT molecular complexity index is 596. The van der Waals surface area contributed by atoms with Crippen LogP contribution >= 0.6 is 0 Å². The van der Waals surface area contributed by atoms with Crippen molar-refractivity contribution in [3.63, 3.8) is 0 Å². The first-order valence-corrected chi connectivity index (χ1v) is 6.37. The Morgan fingerprint density at radius 2 is 2.11 bits per heavy atom. The number of hydrogen-bond acceptors (Lipinski definition) is 1. The molecule has 0 aliphatic heterocycles. The monoisotopic (exact) mass is 245 g/mol. The van der Waals surface area contributed by atoms with Crippen LogP contribution in [0.1, 0.15) is 41.3 Å². The van der Waals surface area contributed by atoms with Crippen molar-refractivity contribution >= 4 is 16.9 Å². The molecule has 0 saturated heterocycles. The van der Waals surface area contributed by atoms with Crippen molar-refractivity contribution < 1.29 is 9.90 Å². The van der Waals surface area contributed by atoms with Gasteiger partial charge in [0, 0.05) is 18.6 Å². The lowest BCUT2D eigenvalue weighted by Crippen LogP contribution is -2.03. The molecular formula is C15H19NO2. The largest absolute Gasteiger partial charge is 0.478 e. The van der Waals surface area contributed by atoms with Crippen LogP contribution in [-0.4, -0.2) is 15.6 Å². The van der Waals surface area contributed by atoms with E-state index in [1.165, 1.54) is 5.56 Å². The van der Waals surface area contributed by atoms with Crippen molar-refractivity contribution in [2.75, 3.05) is 0 Å². The van der Waals surface area contributed by atoms with E-state index in [9.17, 15) is 9.90 Å². The van der Waals surface area contributed by atoms with Crippen LogP contribution in [0.15, 0.2) is 18.3 Å². The summed E-state index contributed by atoms with van der Waals surface area (Å²) in [5.41, 5.74) is 3.33. The summed E-state index contributed by atoms with van der Waals surface area (Å²) < 4.78 is 1.94. The van der Waals surface area contributed by atoms with E-state index in [4.69, 9.17) is 0 Å². The van der Waals surface area contributed by atoms with Gasteiger partial charge in [-0.15, -0.1) is 0 Å². The Labute approximate surface area is 107 Å². The molecule has 0 amide bonds. The van der Waals surface area contributed by atoms with Crippen molar-refractivity contribution in [3.8, 4) is 0 Å². The minimum Gasteiger partial charge on any atom is -0.478 e. The van der Waals surface area contributed by atoms with Gasteiger partial charge in [0.25, 0.3) is 0 Å². The molecule has 2 aromatic rings. The van der Waals surface area contributed by atoms with Crippen LogP contribution < -0.4 is 0 Å². The summed E-state index contributed by atoms with van der Waals surface area (Å²) in [6.45, 7) is 4.01. The van der Waals surface area contributed by atoms with Gasteiger partial charge in [0.2, 0.25) is 0 Å². The molecule has 18 heavy (non-hydrogen) atoms. The molecule has 1 aromatic carbocycles. The highest BCUT2D eigenvalue weighted by Gasteiger charge is 2.16. The number of aromatic carboxylic acids is 1. The van der Waals surface area contributed by atoms with Crippen molar-refractivity contribution in [2.45, 2.75) is 33.1 Å². The molecule has 1 aromatic heterocycles. The Morgan fingerprint density at radius 1 is 1.39 bits per heavy atom. The van der Waals surface area contributed by atoms with Gasteiger partial charge >= 0.3 is 5.97 Å². The first-order valence-electron chi connectivity index (χ1n) is 6.37. The summed E-state index contributed by atoms with van der Waals surface area (Å²) in [4.78, 5) is 11.4. The number of aromatic nitrogens is 1. The molecular weight excluding hydrogens is 226 g/mol. The number of carbonyl (C=O) groups is 1. The van der Waals surface area contributed by atoms with Gasteiger partial charge in [0.1, 0.15) is 0 Å². The third-order valence-electron chi connectivity index (χ3n) is 3.45. The number of benzene rings is 1. The summed E-state index contributed by atoms with van der Waals surface area (Å²) in [7, 11) is 1.92. The number of carboxylic acids is 1. The van der Waals surface area contributed by atoms with Crippen LogP contribution in [0.25, 0.3) is 10.9 Å². The second-order valence-corrected chi connectivity index (χ2v) is 4.83. The Hall–Kier alpha value is -1.77. The quantitative estimate of drug-likeness (QED) is 0.895. The molecule has 3 heteroatoms. The zero-order chi connectivity index (χ0) is 13.3. The van der Waals surface area contributed by atoms with Crippen LogP contribution in [0.3, 0.4) is 0 Å². The Balaban J connectivity index is 2.67. The van der Waals surface area contributed by atoms with Gasteiger partial charge in [-0.3, -0.25) is 0 Å². The van der Waals surface area contributed by atoms with E-state index in [2.05, 4.69) is 13.1 Å². The number of rotatable bonds is 4. The first-order chi connectivity index (χ1) is 8.56. The number of unbranched alkanes of at least 4 members (excludes halogenated alkanes) is 1. The van der Waals surface area contributed by atoms with E-state index in [0.29, 0.717) is 5.56 Å². The maximum Gasteiger partial charge on any atom is 0.338 e. The third-order valence-corrected chi connectivity index (χ3v) is 3.45. The number of carboxylic acid groups (broad SMARTS) is 1. The van der Waals surface area contributed by atoms with Gasteiger partial charge in [-0.2, -0.15) is 0 Å². The fourth-order valence-electron chi connectivity index (χ4n) is 2.52. The minimum atomic E-state index is -0.846. The van der Waals surface area contributed by atoms with Gasteiger partial charge in [0.15, 0.2) is 0 Å². The lowest BCUT2D eigenvalue weighted by Gasteiger charge is -2.05. The topological polar surface area (TPSA) is 42.2 Å². The number of nitrogens with zero attached hydrogens (tertiary/aromatic N) is 1. The van der Waals surface area contributed by atoms with Crippen LogP contribution in [0.4, 0.5) is 0 Å². The molecule has 0 saturated carbocycles. The van der Waals surface area contributed by atoms with Gasteiger partial charge in [-0.1, -0.05) is 25.5 Å². The average molecular weight is 245 g/mol. The molecule has 0 bridgehead atoms. The van der Waals surface area contributed by atoms with E-state index >= 15 is 0 Å². The van der Waals surface area contributed by atoms with E-state index in [0.717, 1.165) is 35.7 Å². The highest BCUT2D eigenvalue weighted by atomic mass is 16.4. The van der Waals surface area contributed by atoms with Crippen molar-refractivity contribution in [1.82, 2.24) is 4.57 Å². The van der Waals surface area contributed by atoms with Crippen LogP contribution in [0.2, 0.25) is 0 Å². The highest BCUT2D eigenvalue weighted by Crippen LogP contribution is 2.27. The minimum absolute atomic E-state index is 0.428. The number of hydrogen-bond donors (Lipinski definition) is 1. The van der Waals surface area contributed by atoms with Crippen LogP contribution in [0.5, 0.6) is 0 Å². The van der Waals surface area contributed by atoms with Crippen molar-refractivity contribution in [3.05, 3.63) is 35.0 Å². The van der Waals surface area contributed by atoms with Gasteiger partial charge in [0.05, 0.1) is 11.1 Å². The molecule has 2 rings (SSSR count). The SMILES string of the molecule is CCCCc1cn(C)c2c(C(=O)O)c(C)ccc12. The summed E-state index contributed by atoms with van der Waals surface area (Å²) in [6, 6.07) is 3.95. The number of aryl methyl sites for hydroxylation is 3. The van der Waals surface area contributed by atoms with Gasteiger partial charge in [-0.25, -0.2) is 4.79 Å². The standard InChI is InChI=1S/C15H19NO2/c1-4-5-6-11-9-16(3)14-12(11)8-7-10(2)13(14)15(17)18/h7-9H,4-6H2,1-3H3,(H,17,18). The van der Waals surface area contributed by atoms with Gasteiger partial charge < -0.3 is 9.67 Å². The third kappa shape index (κ3) is 2.01. The van der Waals surface area contributed by atoms with E-state index in [-0.39, 0.29) is 0 Å². The van der Waals surface area contributed by atoms with E-state index in [1.807, 2.05) is 30.7 Å². The molecule has 0 aliphatic rings. The van der Waals surface area contributed by atoms with Crippen molar-refractivity contribution in [2.24, 2.45) is 7.05 Å². The maximum atomic E-state index is 11.4. The summed E-state index contributed by atoms with van der Waals surface area (Å²) in [5, 5.41) is 10.4. The second kappa shape index (κ2) is 4.84. The average Bonchev–Trinajstić information content (AvgIpc) is 2.63. The zero-order valence-electron chi connectivity index (χ0n) is 11.2. The van der Waals surface area contributed by atoms with Crippen LogP contribution in [0, 0.1) is 6.92 Å². The molecule has 1 N–H and O–H groups in total.